The summed E-state index contributed by atoms with van der Waals surface area (Å²) in [5.74, 6) is -10.2. The number of hydrogen-bond acceptors (Lipinski definition) is 11. The van der Waals surface area contributed by atoms with Gasteiger partial charge in [0.15, 0.2) is 11.4 Å². The fourth-order valence-electron chi connectivity index (χ4n) is 6.19. The number of likely N-dealkylation sites (N-methyl/N-ethyl adjacent to an activating group) is 2. The van der Waals surface area contributed by atoms with Gasteiger partial charge in [-0.25, -0.2) is 0 Å². The minimum Gasteiger partial charge on any atom is -0.508 e. The SMILES string of the molecule is C[C@H]1c2ccc(NC(=O)CN(C)C)c(O)c2C(O)=C2C(=O)[C@]3(O)C(O)=C(C(N)=O)C(=O)[C@@H](N(C)C)[C@@H]3[C@@H](O)[C@@H]21. The molecule has 1 aromatic rings. The first-order valence-corrected chi connectivity index (χ1v) is 12.2. The molecule has 13 heteroatoms. The van der Waals surface area contributed by atoms with Gasteiger partial charge in [0.25, 0.3) is 5.91 Å². The Labute approximate surface area is 223 Å². The lowest BCUT2D eigenvalue weighted by atomic mass is 9.54. The molecule has 8 N–H and O–H groups in total. The van der Waals surface area contributed by atoms with Crippen molar-refractivity contribution in [2.24, 2.45) is 17.6 Å². The third-order valence-corrected chi connectivity index (χ3v) is 7.86. The second-order valence-electron chi connectivity index (χ2n) is 10.8. The Hall–Kier alpha value is -3.78. The molecule has 3 aliphatic rings. The summed E-state index contributed by atoms with van der Waals surface area (Å²) in [4.78, 5) is 54.4. The number of Topliss-reactive ketones (excluding diaryl/α,β-unsaturated/α-hetero) is 2. The average Bonchev–Trinajstić information content (AvgIpc) is 2.82. The number of anilines is 1. The highest BCUT2D eigenvalue weighted by Gasteiger charge is 2.68. The number of carbonyl (C=O) groups excluding carboxylic acids is 4. The van der Waals surface area contributed by atoms with E-state index in [1.807, 2.05) is 0 Å². The van der Waals surface area contributed by atoms with Crippen LogP contribution in [0.2, 0.25) is 0 Å². The number of ketones is 2. The van der Waals surface area contributed by atoms with Crippen molar-refractivity contribution in [3.63, 3.8) is 0 Å². The molecule has 0 aliphatic heterocycles. The Morgan fingerprint density at radius 2 is 1.72 bits per heavy atom. The molecule has 13 nitrogen and oxygen atoms in total. The van der Waals surface area contributed by atoms with Crippen LogP contribution < -0.4 is 11.1 Å². The van der Waals surface area contributed by atoms with Crippen LogP contribution in [0.1, 0.15) is 24.0 Å². The lowest BCUT2D eigenvalue weighted by Gasteiger charge is -2.53. The molecule has 6 atom stereocenters. The third kappa shape index (κ3) is 3.92. The zero-order valence-electron chi connectivity index (χ0n) is 22.1. The van der Waals surface area contributed by atoms with Crippen LogP contribution in [0.25, 0.3) is 5.76 Å². The number of phenolic OH excluding ortho intramolecular Hbond substituents is 1. The van der Waals surface area contributed by atoms with Crippen LogP contribution >= 0.6 is 0 Å². The molecule has 3 aliphatic carbocycles. The van der Waals surface area contributed by atoms with Gasteiger partial charge in [0.1, 0.15) is 22.8 Å². The molecule has 0 radical (unpaired) electrons. The van der Waals surface area contributed by atoms with Gasteiger partial charge in [-0.3, -0.25) is 24.1 Å². The van der Waals surface area contributed by atoms with E-state index >= 15 is 0 Å². The maximum Gasteiger partial charge on any atom is 0.255 e. The molecule has 39 heavy (non-hydrogen) atoms. The van der Waals surface area contributed by atoms with Crippen molar-refractivity contribution >= 4 is 34.8 Å². The Morgan fingerprint density at radius 3 is 2.26 bits per heavy atom. The molecule has 0 spiro atoms. The summed E-state index contributed by atoms with van der Waals surface area (Å²) in [7, 11) is 6.23. The van der Waals surface area contributed by atoms with Crippen LogP contribution in [0, 0.1) is 11.8 Å². The van der Waals surface area contributed by atoms with Gasteiger partial charge in [-0.1, -0.05) is 13.0 Å². The molecule has 2 amide bonds. The first-order valence-electron chi connectivity index (χ1n) is 12.2. The molecule has 0 saturated heterocycles. The number of benzene rings is 1. The minimum absolute atomic E-state index is 0.000736. The van der Waals surface area contributed by atoms with E-state index in [2.05, 4.69) is 5.32 Å². The number of phenols is 1. The number of aromatic hydroxyl groups is 1. The fourth-order valence-corrected chi connectivity index (χ4v) is 6.19. The van der Waals surface area contributed by atoms with Crippen LogP contribution in [0.4, 0.5) is 5.69 Å². The van der Waals surface area contributed by atoms with Crippen LogP contribution in [-0.2, 0) is 19.2 Å². The number of amides is 2. The van der Waals surface area contributed by atoms with Crippen molar-refractivity contribution in [3.05, 3.63) is 40.2 Å². The molecule has 4 rings (SSSR count). The number of nitrogens with two attached hydrogens (primary N) is 1. The lowest BCUT2D eigenvalue weighted by Crippen LogP contribution is -2.70. The molecule has 1 saturated carbocycles. The second kappa shape index (κ2) is 9.45. The highest BCUT2D eigenvalue weighted by molar-refractivity contribution is 6.24. The molecule has 0 bridgehead atoms. The Morgan fingerprint density at radius 1 is 1.10 bits per heavy atom. The van der Waals surface area contributed by atoms with E-state index < -0.39 is 87.3 Å². The van der Waals surface area contributed by atoms with Gasteiger partial charge < -0.3 is 41.5 Å². The van der Waals surface area contributed by atoms with Crippen LogP contribution in [-0.4, -0.2) is 111 Å². The lowest BCUT2D eigenvalue weighted by molar-refractivity contribution is -0.169. The predicted octanol–water partition coefficient (Wildman–Crippen LogP) is -1.00. The maximum atomic E-state index is 14.0. The highest BCUT2D eigenvalue weighted by atomic mass is 16.4. The second-order valence-corrected chi connectivity index (χ2v) is 10.8. The zero-order chi connectivity index (χ0) is 29.3. The Bertz CT molecular complexity index is 1370. The zero-order valence-corrected chi connectivity index (χ0v) is 22.1. The highest BCUT2D eigenvalue weighted by Crippen LogP contribution is 2.56. The standard InChI is InChI=1S/C26H32N4O9/c1-9-10-6-7-11(28-12(31)8-29(2)3)19(32)14(10)20(33)15-13(9)21(34)17-18(30(4)5)22(35)16(25(27)38)24(37)26(17,39)23(15)36/h6-7,9,13,17-18,21,32-34,37,39H,8H2,1-5H3,(H2,27,38)(H,28,31)/t9-,13+,17+,18-,21-,26-/m0/s1. The summed E-state index contributed by atoms with van der Waals surface area (Å²) in [6.45, 7) is 1.63. The van der Waals surface area contributed by atoms with Crippen molar-refractivity contribution in [2.75, 3.05) is 40.1 Å². The van der Waals surface area contributed by atoms with Gasteiger partial charge in [-0.2, -0.15) is 0 Å². The third-order valence-electron chi connectivity index (χ3n) is 7.86. The number of aliphatic hydroxyl groups is 4. The summed E-state index contributed by atoms with van der Waals surface area (Å²) in [6.07, 6.45) is -1.68. The number of aliphatic hydroxyl groups excluding tert-OH is 3. The quantitative estimate of drug-likeness (QED) is 0.176. The molecular weight excluding hydrogens is 512 g/mol. The topological polar surface area (TPSA) is 214 Å². The number of carbonyl (C=O) groups is 4. The van der Waals surface area contributed by atoms with E-state index in [-0.39, 0.29) is 17.8 Å². The van der Waals surface area contributed by atoms with E-state index in [0.717, 1.165) is 0 Å². The number of hydrogen-bond donors (Lipinski definition) is 7. The average molecular weight is 545 g/mol. The summed E-state index contributed by atoms with van der Waals surface area (Å²) in [6, 6.07) is 1.52. The Kier molecular flexibility index (Phi) is 6.84. The van der Waals surface area contributed by atoms with Gasteiger partial charge in [0, 0.05) is 11.5 Å². The molecular formula is C26H32N4O9. The molecule has 0 aromatic heterocycles. The molecule has 0 unspecified atom stereocenters. The van der Waals surface area contributed by atoms with Crippen molar-refractivity contribution < 1.29 is 44.7 Å². The van der Waals surface area contributed by atoms with E-state index in [0.29, 0.717) is 5.56 Å². The number of fused-ring (bicyclic) bond motifs is 3. The molecule has 0 heterocycles. The van der Waals surface area contributed by atoms with E-state index in [9.17, 15) is 44.7 Å². The summed E-state index contributed by atoms with van der Waals surface area (Å²) in [5, 5.41) is 59.1. The fraction of sp³-hybridized carbons (Fsp3) is 0.462. The van der Waals surface area contributed by atoms with E-state index in [1.165, 1.54) is 31.1 Å². The normalized spacial score (nSPS) is 30.3. The van der Waals surface area contributed by atoms with Gasteiger partial charge >= 0.3 is 0 Å². The van der Waals surface area contributed by atoms with Crippen molar-refractivity contribution in [2.45, 2.75) is 30.6 Å². The largest absolute Gasteiger partial charge is 0.508 e. The molecule has 210 valence electrons. The number of nitrogens with zero attached hydrogens (tertiary/aromatic N) is 2. The van der Waals surface area contributed by atoms with Crippen LogP contribution in [0.3, 0.4) is 0 Å². The van der Waals surface area contributed by atoms with Gasteiger partial charge in [-0.05, 0) is 45.7 Å². The summed E-state index contributed by atoms with van der Waals surface area (Å²) >= 11 is 0. The van der Waals surface area contributed by atoms with Crippen molar-refractivity contribution in [1.29, 1.82) is 0 Å². The summed E-state index contributed by atoms with van der Waals surface area (Å²) in [5.41, 5.74) is 0.921. The predicted molar refractivity (Wildman–Crippen MR) is 138 cm³/mol. The first-order chi connectivity index (χ1) is 18.1. The number of primary amides is 1. The maximum absolute atomic E-state index is 14.0. The molecule has 1 fully saturated rings. The van der Waals surface area contributed by atoms with Gasteiger partial charge in [-0.15, -0.1) is 0 Å². The van der Waals surface area contributed by atoms with Crippen LogP contribution in [0.15, 0.2) is 29.0 Å². The first kappa shape index (κ1) is 28.2. The number of nitrogens with one attached hydrogen (secondary N) is 1. The monoisotopic (exact) mass is 544 g/mol. The molecule has 1 aromatic carbocycles. The summed E-state index contributed by atoms with van der Waals surface area (Å²) < 4.78 is 0. The van der Waals surface area contributed by atoms with Crippen molar-refractivity contribution in [1.82, 2.24) is 9.80 Å². The van der Waals surface area contributed by atoms with E-state index in [4.69, 9.17) is 5.73 Å². The van der Waals surface area contributed by atoms with Crippen LogP contribution in [0.5, 0.6) is 5.75 Å². The minimum atomic E-state index is -2.99. The van der Waals surface area contributed by atoms with Crippen molar-refractivity contribution in [3.8, 4) is 5.75 Å². The van der Waals surface area contributed by atoms with Gasteiger partial charge in [0.05, 0.1) is 35.9 Å². The van der Waals surface area contributed by atoms with E-state index in [1.54, 1.807) is 25.9 Å². The number of rotatable bonds is 5. The Balaban J connectivity index is 1.95. The van der Waals surface area contributed by atoms with Gasteiger partial charge in [0.2, 0.25) is 11.7 Å². The smallest absolute Gasteiger partial charge is 0.255 e.